The lowest BCUT2D eigenvalue weighted by Gasteiger charge is -2.10. The SMILES string of the molecule is O=C(O)c1cc(C(O)O)cc(C(O)O)c1. The van der Waals surface area contributed by atoms with Crippen molar-refractivity contribution in [1.29, 1.82) is 0 Å². The molecule has 0 aliphatic carbocycles. The summed E-state index contributed by atoms with van der Waals surface area (Å²) >= 11 is 0. The van der Waals surface area contributed by atoms with Gasteiger partial charge in [0.1, 0.15) is 0 Å². The molecule has 6 heteroatoms. The maximum absolute atomic E-state index is 10.6. The molecule has 1 aromatic carbocycles. The zero-order chi connectivity index (χ0) is 11.6. The van der Waals surface area contributed by atoms with Gasteiger partial charge in [-0.25, -0.2) is 4.79 Å². The van der Waals surface area contributed by atoms with Gasteiger partial charge in [0.25, 0.3) is 0 Å². The first-order valence-electron chi connectivity index (χ1n) is 4.02. The maximum Gasteiger partial charge on any atom is 0.335 e. The Morgan fingerprint density at radius 2 is 1.33 bits per heavy atom. The summed E-state index contributed by atoms with van der Waals surface area (Å²) < 4.78 is 0. The fraction of sp³-hybridized carbons (Fsp3) is 0.222. The third-order valence-electron chi connectivity index (χ3n) is 1.82. The number of aromatic carboxylic acids is 1. The molecule has 82 valence electrons. The number of hydrogen-bond donors (Lipinski definition) is 5. The monoisotopic (exact) mass is 214 g/mol. The van der Waals surface area contributed by atoms with Gasteiger partial charge in [0.05, 0.1) is 5.56 Å². The van der Waals surface area contributed by atoms with Crippen LogP contribution < -0.4 is 0 Å². The third kappa shape index (κ3) is 2.74. The second kappa shape index (κ2) is 4.37. The summed E-state index contributed by atoms with van der Waals surface area (Å²) in [5.41, 5.74) is -0.472. The molecule has 0 spiro atoms. The Morgan fingerprint density at radius 1 is 0.933 bits per heavy atom. The van der Waals surface area contributed by atoms with Gasteiger partial charge in [0.15, 0.2) is 12.6 Å². The Hall–Kier alpha value is -1.47. The minimum absolute atomic E-state index is 0.113. The van der Waals surface area contributed by atoms with Crippen LogP contribution >= 0.6 is 0 Å². The van der Waals surface area contributed by atoms with Gasteiger partial charge in [0, 0.05) is 11.1 Å². The van der Waals surface area contributed by atoms with Crippen LogP contribution in [0.1, 0.15) is 34.1 Å². The van der Waals surface area contributed by atoms with Crippen molar-refractivity contribution in [1.82, 2.24) is 0 Å². The van der Waals surface area contributed by atoms with Crippen LogP contribution in [-0.4, -0.2) is 31.5 Å². The molecular weight excluding hydrogens is 204 g/mol. The normalized spacial score (nSPS) is 11.1. The van der Waals surface area contributed by atoms with Gasteiger partial charge >= 0.3 is 5.97 Å². The van der Waals surface area contributed by atoms with Crippen molar-refractivity contribution in [3.05, 3.63) is 34.9 Å². The van der Waals surface area contributed by atoms with Crippen molar-refractivity contribution < 1.29 is 30.3 Å². The molecule has 0 fully saturated rings. The lowest BCUT2D eigenvalue weighted by Crippen LogP contribution is -2.05. The highest BCUT2D eigenvalue weighted by molar-refractivity contribution is 5.88. The number of aliphatic hydroxyl groups is 4. The Labute approximate surface area is 84.7 Å². The fourth-order valence-electron chi connectivity index (χ4n) is 1.10. The number of hydrogen-bond acceptors (Lipinski definition) is 5. The molecule has 1 rings (SSSR count). The van der Waals surface area contributed by atoms with Gasteiger partial charge in [-0.1, -0.05) is 0 Å². The van der Waals surface area contributed by atoms with Crippen molar-refractivity contribution >= 4 is 5.97 Å². The number of carbonyl (C=O) groups is 1. The standard InChI is InChI=1S/C9H10O6/c10-7(11)4-1-5(8(12)13)3-6(2-4)9(14)15/h1-3,7-8,10-13H,(H,14,15). The van der Waals surface area contributed by atoms with Crippen molar-refractivity contribution in [3.8, 4) is 0 Å². The molecule has 0 unspecified atom stereocenters. The summed E-state index contributed by atoms with van der Waals surface area (Å²) in [6.07, 6.45) is -3.72. The summed E-state index contributed by atoms with van der Waals surface area (Å²) in [5.74, 6) is -1.29. The van der Waals surface area contributed by atoms with E-state index in [2.05, 4.69) is 0 Å². The lowest BCUT2D eigenvalue weighted by atomic mass is 10.0. The second-order valence-corrected chi connectivity index (χ2v) is 2.94. The predicted molar refractivity (Wildman–Crippen MR) is 47.8 cm³/mol. The van der Waals surface area contributed by atoms with Crippen LogP contribution in [0.5, 0.6) is 0 Å². The minimum atomic E-state index is -1.86. The Morgan fingerprint density at radius 3 is 1.60 bits per heavy atom. The van der Waals surface area contributed by atoms with Crippen LogP contribution in [0.3, 0.4) is 0 Å². The number of rotatable bonds is 3. The molecule has 0 aliphatic rings. The van der Waals surface area contributed by atoms with Crippen LogP contribution in [-0.2, 0) is 0 Å². The smallest absolute Gasteiger partial charge is 0.335 e. The third-order valence-corrected chi connectivity index (χ3v) is 1.82. The molecule has 0 atom stereocenters. The topological polar surface area (TPSA) is 118 Å². The van der Waals surface area contributed by atoms with Crippen LogP contribution in [0.25, 0.3) is 0 Å². The molecular formula is C9H10O6. The first kappa shape index (κ1) is 11.6. The predicted octanol–water partition coefficient (Wildman–Crippen LogP) is -0.649. The molecule has 0 saturated heterocycles. The van der Waals surface area contributed by atoms with Gasteiger partial charge in [-0.3, -0.25) is 0 Å². The highest BCUT2D eigenvalue weighted by Gasteiger charge is 2.13. The molecule has 0 amide bonds. The van der Waals surface area contributed by atoms with E-state index in [1.807, 2.05) is 0 Å². The van der Waals surface area contributed by atoms with Crippen molar-refractivity contribution in [2.45, 2.75) is 12.6 Å². The van der Waals surface area contributed by atoms with E-state index in [0.717, 1.165) is 18.2 Å². The van der Waals surface area contributed by atoms with E-state index in [0.29, 0.717) is 0 Å². The zero-order valence-corrected chi connectivity index (χ0v) is 7.53. The van der Waals surface area contributed by atoms with Gasteiger partial charge in [-0.05, 0) is 18.2 Å². The maximum atomic E-state index is 10.6. The lowest BCUT2D eigenvalue weighted by molar-refractivity contribution is -0.0475. The molecule has 15 heavy (non-hydrogen) atoms. The van der Waals surface area contributed by atoms with E-state index in [1.165, 1.54) is 0 Å². The number of carboxylic acid groups (broad SMARTS) is 1. The van der Waals surface area contributed by atoms with E-state index in [-0.39, 0.29) is 16.7 Å². The van der Waals surface area contributed by atoms with Crippen LogP contribution in [0, 0.1) is 0 Å². The number of benzene rings is 1. The van der Waals surface area contributed by atoms with E-state index in [9.17, 15) is 4.79 Å². The van der Waals surface area contributed by atoms with Crippen LogP contribution in [0.4, 0.5) is 0 Å². The quantitative estimate of drug-likeness (QED) is 0.427. The zero-order valence-electron chi connectivity index (χ0n) is 7.53. The number of carboxylic acids is 1. The molecule has 0 aliphatic heterocycles. The average molecular weight is 214 g/mol. The van der Waals surface area contributed by atoms with E-state index < -0.39 is 18.5 Å². The Balaban J connectivity index is 3.26. The first-order valence-corrected chi connectivity index (χ1v) is 4.02. The first-order chi connectivity index (χ1) is 6.91. The van der Waals surface area contributed by atoms with Gasteiger partial charge < -0.3 is 25.5 Å². The molecule has 0 heterocycles. The summed E-state index contributed by atoms with van der Waals surface area (Å²) in [7, 11) is 0. The molecule has 0 bridgehead atoms. The summed E-state index contributed by atoms with van der Waals surface area (Å²) in [6.45, 7) is 0. The highest BCUT2D eigenvalue weighted by Crippen LogP contribution is 2.19. The molecule has 6 nitrogen and oxygen atoms in total. The Bertz CT molecular complexity index is 345. The second-order valence-electron chi connectivity index (χ2n) is 2.94. The molecule has 1 aromatic rings. The van der Waals surface area contributed by atoms with Gasteiger partial charge in [-0.15, -0.1) is 0 Å². The largest absolute Gasteiger partial charge is 0.478 e. The highest BCUT2D eigenvalue weighted by atomic mass is 16.5. The van der Waals surface area contributed by atoms with Crippen LogP contribution in [0.15, 0.2) is 18.2 Å². The fourth-order valence-corrected chi connectivity index (χ4v) is 1.10. The Kier molecular flexibility index (Phi) is 3.38. The summed E-state index contributed by atoms with van der Waals surface area (Å²) in [5, 5.41) is 44.0. The van der Waals surface area contributed by atoms with E-state index in [1.54, 1.807) is 0 Å². The van der Waals surface area contributed by atoms with E-state index in [4.69, 9.17) is 25.5 Å². The van der Waals surface area contributed by atoms with Crippen molar-refractivity contribution in [2.24, 2.45) is 0 Å². The van der Waals surface area contributed by atoms with Gasteiger partial charge in [-0.2, -0.15) is 0 Å². The summed E-state index contributed by atoms with van der Waals surface area (Å²) in [6, 6.07) is 3.18. The molecule has 0 saturated carbocycles. The van der Waals surface area contributed by atoms with Crippen molar-refractivity contribution in [2.75, 3.05) is 0 Å². The number of aliphatic hydroxyl groups excluding tert-OH is 2. The minimum Gasteiger partial charge on any atom is -0.478 e. The summed E-state index contributed by atoms with van der Waals surface area (Å²) in [4.78, 5) is 10.6. The molecule has 0 radical (unpaired) electrons. The molecule has 0 aromatic heterocycles. The average Bonchev–Trinajstić information content (AvgIpc) is 2.16. The molecule has 5 N–H and O–H groups in total. The van der Waals surface area contributed by atoms with Crippen molar-refractivity contribution in [3.63, 3.8) is 0 Å². The van der Waals surface area contributed by atoms with E-state index >= 15 is 0 Å². The van der Waals surface area contributed by atoms with Gasteiger partial charge in [0.2, 0.25) is 0 Å². The van der Waals surface area contributed by atoms with Crippen LogP contribution in [0.2, 0.25) is 0 Å².